The molecule has 0 atom stereocenters. The van der Waals surface area contributed by atoms with Gasteiger partial charge in [-0.05, 0) is 34.1 Å². The molecule has 0 aliphatic rings. The molecule has 2 aromatic rings. The van der Waals surface area contributed by atoms with Crippen LogP contribution >= 0.6 is 15.9 Å². The van der Waals surface area contributed by atoms with E-state index in [4.69, 9.17) is 19.9 Å². The lowest BCUT2D eigenvalue weighted by Gasteiger charge is -2.12. The minimum atomic E-state index is 0.326. The van der Waals surface area contributed by atoms with Gasteiger partial charge in [0.25, 0.3) is 0 Å². The van der Waals surface area contributed by atoms with E-state index in [1.54, 1.807) is 39.5 Å². The summed E-state index contributed by atoms with van der Waals surface area (Å²) in [6.45, 7) is 0.326. The molecule has 7 heteroatoms. The molecule has 1 heterocycles. The zero-order valence-electron chi connectivity index (χ0n) is 12.0. The molecule has 0 radical (unpaired) electrons. The van der Waals surface area contributed by atoms with Crippen molar-refractivity contribution in [3.05, 3.63) is 28.4 Å². The van der Waals surface area contributed by atoms with Crippen molar-refractivity contribution in [2.24, 2.45) is 0 Å². The lowest BCUT2D eigenvalue weighted by molar-refractivity contribution is 0.181. The molecule has 0 aliphatic carbocycles. The number of ether oxygens (including phenoxy) is 3. The molecule has 2 rings (SSSR count). The van der Waals surface area contributed by atoms with E-state index in [2.05, 4.69) is 25.9 Å². The Balaban J connectivity index is 2.60. The number of hydrogen-bond acceptors (Lipinski definition) is 6. The topological polar surface area (TPSA) is 79.5 Å². The zero-order chi connectivity index (χ0) is 15.4. The van der Waals surface area contributed by atoms with Crippen molar-refractivity contribution >= 4 is 21.7 Å². The summed E-state index contributed by atoms with van der Waals surface area (Å²) in [7, 11) is 4.78. The number of nitrogen functional groups attached to an aromatic ring is 1. The van der Waals surface area contributed by atoms with Crippen LogP contribution in [0.1, 0.15) is 5.69 Å². The van der Waals surface area contributed by atoms with Crippen molar-refractivity contribution in [3.63, 3.8) is 0 Å². The van der Waals surface area contributed by atoms with Gasteiger partial charge in [0.2, 0.25) is 0 Å². The van der Waals surface area contributed by atoms with Gasteiger partial charge in [-0.3, -0.25) is 0 Å². The molecule has 2 N–H and O–H groups in total. The second-order valence-corrected chi connectivity index (χ2v) is 4.99. The van der Waals surface area contributed by atoms with Crippen molar-refractivity contribution in [2.45, 2.75) is 6.61 Å². The molecular formula is C14H16BrN3O3. The molecule has 1 aromatic heterocycles. The monoisotopic (exact) mass is 353 g/mol. The van der Waals surface area contributed by atoms with Gasteiger partial charge in [0, 0.05) is 7.11 Å². The van der Waals surface area contributed by atoms with E-state index in [0.29, 0.717) is 45.5 Å². The normalized spacial score (nSPS) is 10.5. The number of aromatic nitrogens is 2. The van der Waals surface area contributed by atoms with Crippen LogP contribution in [0.5, 0.6) is 11.5 Å². The first kappa shape index (κ1) is 15.5. The Hall–Kier alpha value is -1.86. The van der Waals surface area contributed by atoms with E-state index in [1.807, 2.05) is 0 Å². The predicted octanol–water partition coefficient (Wildman–Crippen LogP) is 2.65. The van der Waals surface area contributed by atoms with Crippen LogP contribution in [0.4, 0.5) is 5.82 Å². The predicted molar refractivity (Wildman–Crippen MR) is 83.4 cm³/mol. The van der Waals surface area contributed by atoms with Crippen molar-refractivity contribution in [1.29, 1.82) is 0 Å². The molecule has 0 spiro atoms. The number of benzene rings is 1. The molecule has 21 heavy (non-hydrogen) atoms. The van der Waals surface area contributed by atoms with Crippen LogP contribution in [-0.4, -0.2) is 31.3 Å². The van der Waals surface area contributed by atoms with Gasteiger partial charge in [-0.25, -0.2) is 9.97 Å². The van der Waals surface area contributed by atoms with E-state index in [-0.39, 0.29) is 0 Å². The highest BCUT2D eigenvalue weighted by Crippen LogP contribution is 2.33. The van der Waals surface area contributed by atoms with Gasteiger partial charge in [-0.2, -0.15) is 0 Å². The SMILES string of the molecule is COCc1nc(-c2cc(OC)ccc2OC)nc(N)c1Br. The maximum Gasteiger partial charge on any atom is 0.165 e. The maximum atomic E-state index is 5.93. The van der Waals surface area contributed by atoms with Crippen LogP contribution in [0, 0.1) is 0 Å². The van der Waals surface area contributed by atoms with Crippen LogP contribution in [0.15, 0.2) is 22.7 Å². The molecule has 0 amide bonds. The van der Waals surface area contributed by atoms with Gasteiger partial charge < -0.3 is 19.9 Å². The van der Waals surface area contributed by atoms with Crippen LogP contribution in [0.25, 0.3) is 11.4 Å². The molecule has 0 fully saturated rings. The Bertz CT molecular complexity index is 650. The van der Waals surface area contributed by atoms with Crippen LogP contribution in [-0.2, 0) is 11.3 Å². The smallest absolute Gasteiger partial charge is 0.165 e. The van der Waals surface area contributed by atoms with E-state index in [0.717, 1.165) is 0 Å². The summed E-state index contributed by atoms with van der Waals surface area (Å²) in [5.74, 6) is 2.13. The van der Waals surface area contributed by atoms with E-state index in [9.17, 15) is 0 Å². The Labute approximate surface area is 131 Å². The number of methoxy groups -OCH3 is 3. The van der Waals surface area contributed by atoms with E-state index in [1.165, 1.54) is 0 Å². The number of rotatable bonds is 5. The quantitative estimate of drug-likeness (QED) is 0.889. The average molecular weight is 354 g/mol. The lowest BCUT2D eigenvalue weighted by Crippen LogP contribution is -2.04. The van der Waals surface area contributed by atoms with Crippen LogP contribution in [0.3, 0.4) is 0 Å². The van der Waals surface area contributed by atoms with Crippen molar-refractivity contribution < 1.29 is 14.2 Å². The second-order valence-electron chi connectivity index (χ2n) is 4.19. The van der Waals surface area contributed by atoms with Gasteiger partial charge in [0.1, 0.15) is 17.3 Å². The standard InChI is InChI=1S/C14H16BrN3O3/c1-19-7-10-12(15)13(16)18-14(17-10)9-6-8(20-2)4-5-11(9)21-3/h4-6H,7H2,1-3H3,(H2,16,17,18). The highest BCUT2D eigenvalue weighted by atomic mass is 79.9. The third-order valence-electron chi connectivity index (χ3n) is 2.87. The first-order valence-corrected chi connectivity index (χ1v) is 6.93. The Morgan fingerprint density at radius 1 is 1.14 bits per heavy atom. The summed E-state index contributed by atoms with van der Waals surface area (Å²) in [6, 6.07) is 5.41. The zero-order valence-corrected chi connectivity index (χ0v) is 13.6. The molecule has 0 aliphatic heterocycles. The molecule has 0 saturated carbocycles. The van der Waals surface area contributed by atoms with Gasteiger partial charge >= 0.3 is 0 Å². The fourth-order valence-corrected chi connectivity index (χ4v) is 2.15. The molecule has 0 bridgehead atoms. The number of nitrogens with zero attached hydrogens (tertiary/aromatic N) is 2. The third-order valence-corrected chi connectivity index (χ3v) is 3.74. The number of halogens is 1. The van der Waals surface area contributed by atoms with E-state index >= 15 is 0 Å². The molecule has 0 unspecified atom stereocenters. The largest absolute Gasteiger partial charge is 0.497 e. The highest BCUT2D eigenvalue weighted by Gasteiger charge is 2.15. The number of anilines is 1. The molecule has 1 aromatic carbocycles. The maximum absolute atomic E-state index is 5.93. The fraction of sp³-hybridized carbons (Fsp3) is 0.286. The summed E-state index contributed by atoms with van der Waals surface area (Å²) < 4.78 is 16.3. The Kier molecular flexibility index (Phi) is 4.98. The summed E-state index contributed by atoms with van der Waals surface area (Å²) in [6.07, 6.45) is 0. The number of hydrogen-bond donors (Lipinski definition) is 1. The van der Waals surface area contributed by atoms with Crippen molar-refractivity contribution in [3.8, 4) is 22.9 Å². The summed E-state index contributed by atoms with van der Waals surface area (Å²) in [4.78, 5) is 8.78. The molecule has 0 saturated heterocycles. The highest BCUT2D eigenvalue weighted by molar-refractivity contribution is 9.10. The van der Waals surface area contributed by atoms with Crippen LogP contribution < -0.4 is 15.2 Å². The molecule has 112 valence electrons. The van der Waals surface area contributed by atoms with Crippen LogP contribution in [0.2, 0.25) is 0 Å². The third kappa shape index (κ3) is 3.25. The van der Waals surface area contributed by atoms with Crippen molar-refractivity contribution in [1.82, 2.24) is 9.97 Å². The Morgan fingerprint density at radius 3 is 2.52 bits per heavy atom. The summed E-state index contributed by atoms with van der Waals surface area (Å²) in [5.41, 5.74) is 7.30. The van der Waals surface area contributed by atoms with Gasteiger partial charge in [0.15, 0.2) is 5.82 Å². The summed E-state index contributed by atoms with van der Waals surface area (Å²) >= 11 is 3.37. The lowest BCUT2D eigenvalue weighted by atomic mass is 10.1. The summed E-state index contributed by atoms with van der Waals surface area (Å²) in [5, 5.41) is 0. The first-order valence-electron chi connectivity index (χ1n) is 6.14. The molecule has 6 nitrogen and oxygen atoms in total. The van der Waals surface area contributed by atoms with E-state index < -0.39 is 0 Å². The second kappa shape index (κ2) is 6.73. The minimum absolute atomic E-state index is 0.326. The molecular weight excluding hydrogens is 338 g/mol. The average Bonchev–Trinajstić information content (AvgIpc) is 2.51. The van der Waals surface area contributed by atoms with Crippen molar-refractivity contribution in [2.75, 3.05) is 27.1 Å². The first-order chi connectivity index (χ1) is 10.1. The van der Waals surface area contributed by atoms with Gasteiger partial charge in [0.05, 0.1) is 36.6 Å². The number of nitrogens with two attached hydrogens (primary N) is 1. The fourth-order valence-electron chi connectivity index (χ4n) is 1.85. The van der Waals surface area contributed by atoms with Gasteiger partial charge in [-0.1, -0.05) is 0 Å². The van der Waals surface area contributed by atoms with Gasteiger partial charge in [-0.15, -0.1) is 0 Å². The Morgan fingerprint density at radius 2 is 1.90 bits per heavy atom. The minimum Gasteiger partial charge on any atom is -0.497 e.